The van der Waals surface area contributed by atoms with E-state index >= 15 is 4.39 Å². The maximum absolute atomic E-state index is 15.6. The van der Waals surface area contributed by atoms with Gasteiger partial charge in [-0.2, -0.15) is 4.31 Å². The van der Waals surface area contributed by atoms with Crippen molar-refractivity contribution in [1.29, 1.82) is 0 Å². The van der Waals surface area contributed by atoms with Crippen LogP contribution in [0.1, 0.15) is 29.9 Å². The molecule has 5 aromatic rings. The molecule has 3 N–H and O–H groups in total. The summed E-state index contributed by atoms with van der Waals surface area (Å²) in [6.07, 6.45) is -1.88. The summed E-state index contributed by atoms with van der Waals surface area (Å²) in [5.41, 5.74) is 3.61. The van der Waals surface area contributed by atoms with Crippen LogP contribution in [0.15, 0.2) is 112 Å². The Morgan fingerprint density at radius 1 is 1.02 bits per heavy atom. The van der Waals surface area contributed by atoms with E-state index in [2.05, 4.69) is 15.6 Å². The van der Waals surface area contributed by atoms with Crippen LogP contribution in [0.25, 0.3) is 10.2 Å². The second-order valence-corrected chi connectivity index (χ2v) is 16.7. The van der Waals surface area contributed by atoms with Crippen molar-refractivity contribution in [3.05, 3.63) is 120 Å². The minimum Gasteiger partial charge on any atom is -0.453 e. The number of hydrogen-bond donors (Lipinski definition) is 3. The summed E-state index contributed by atoms with van der Waals surface area (Å²) in [4.78, 5) is 30.8. The molecule has 2 atom stereocenters. The van der Waals surface area contributed by atoms with E-state index in [-0.39, 0.29) is 27.8 Å². The number of aromatic nitrogens is 1. The third-order valence-corrected chi connectivity index (χ3v) is 13.1. The lowest BCUT2D eigenvalue weighted by Crippen LogP contribution is -2.50. The van der Waals surface area contributed by atoms with Gasteiger partial charge < -0.3 is 20.5 Å². The van der Waals surface area contributed by atoms with E-state index in [1.54, 1.807) is 35.8 Å². The molecule has 0 saturated heterocycles. The van der Waals surface area contributed by atoms with Gasteiger partial charge in [-0.3, -0.25) is 4.79 Å². The molecule has 1 heterocycles. The van der Waals surface area contributed by atoms with Gasteiger partial charge in [-0.25, -0.2) is 31.4 Å². The van der Waals surface area contributed by atoms with Crippen LogP contribution in [-0.4, -0.2) is 78.8 Å². The number of nitrogens with one attached hydrogen (secondary N) is 2. The van der Waals surface area contributed by atoms with Gasteiger partial charge in [0, 0.05) is 31.1 Å². The highest BCUT2D eigenvalue weighted by molar-refractivity contribution is 7.99. The number of aliphatic hydroxyl groups excluding tert-OH is 1. The normalized spacial score (nSPS) is 15.5. The molecular formula is C38H37F3N4O6S3. The predicted molar refractivity (Wildman–Crippen MR) is 202 cm³/mol. The van der Waals surface area contributed by atoms with Crippen LogP contribution < -0.4 is 10.6 Å². The molecule has 0 bridgehead atoms. The number of ether oxygens (including phenoxy) is 1. The zero-order valence-corrected chi connectivity index (χ0v) is 31.4. The van der Waals surface area contributed by atoms with Gasteiger partial charge in [-0.1, -0.05) is 66.7 Å². The van der Waals surface area contributed by atoms with Crippen LogP contribution in [0, 0.1) is 11.7 Å². The number of nitrogens with zero attached hydrogens (tertiary/aromatic N) is 2. The first-order valence-electron chi connectivity index (χ1n) is 16.9. The van der Waals surface area contributed by atoms with E-state index in [1.807, 2.05) is 36.4 Å². The van der Waals surface area contributed by atoms with Crippen LogP contribution in [-0.2, 0) is 19.6 Å². The van der Waals surface area contributed by atoms with E-state index < -0.39 is 77.1 Å². The van der Waals surface area contributed by atoms with Gasteiger partial charge in [0.25, 0.3) is 0 Å². The number of methoxy groups -OCH3 is 1. The second kappa shape index (κ2) is 16.9. The van der Waals surface area contributed by atoms with Gasteiger partial charge in [0.2, 0.25) is 21.9 Å². The summed E-state index contributed by atoms with van der Waals surface area (Å²) in [6.45, 7) is -0.984. The van der Waals surface area contributed by atoms with Crippen molar-refractivity contribution >= 4 is 61.0 Å². The van der Waals surface area contributed by atoms with E-state index in [0.29, 0.717) is 21.3 Å². The van der Waals surface area contributed by atoms with Gasteiger partial charge >= 0.3 is 6.09 Å². The molecule has 2 amide bonds. The molecule has 0 radical (unpaired) electrons. The third kappa shape index (κ3) is 8.90. The minimum atomic E-state index is -4.34. The third-order valence-electron chi connectivity index (χ3n) is 9.18. The molecule has 2 unspecified atom stereocenters. The van der Waals surface area contributed by atoms with Crippen molar-refractivity contribution in [3.63, 3.8) is 0 Å². The lowest BCUT2D eigenvalue weighted by atomic mass is 9.81. The average molecular weight is 799 g/mol. The lowest BCUT2D eigenvalue weighted by Gasteiger charge is -2.40. The number of halogens is 3. The Morgan fingerprint density at radius 2 is 1.69 bits per heavy atom. The van der Waals surface area contributed by atoms with Crippen molar-refractivity contribution in [2.24, 2.45) is 5.92 Å². The number of alkyl carbamates (subject to hydrolysis) is 1. The van der Waals surface area contributed by atoms with E-state index in [0.717, 1.165) is 16.1 Å². The Hall–Kier alpha value is -4.48. The minimum absolute atomic E-state index is 0.0296. The van der Waals surface area contributed by atoms with E-state index in [4.69, 9.17) is 4.74 Å². The summed E-state index contributed by atoms with van der Waals surface area (Å²) in [7, 11) is -3.18. The van der Waals surface area contributed by atoms with Crippen LogP contribution in [0.2, 0.25) is 0 Å². The van der Waals surface area contributed by atoms with Crippen LogP contribution in [0.5, 0.6) is 0 Å². The Balaban J connectivity index is 1.29. The molecule has 10 nitrogen and oxygen atoms in total. The highest BCUT2D eigenvalue weighted by Crippen LogP contribution is 2.44. The molecular weight excluding hydrogens is 762 g/mol. The first-order valence-corrected chi connectivity index (χ1v) is 20.2. The fraction of sp³-hybridized carbons (Fsp3) is 0.289. The fourth-order valence-corrected chi connectivity index (χ4v) is 10.2. The molecule has 4 aromatic carbocycles. The molecule has 1 aliphatic rings. The SMILES string of the molecule is COC(=O)NC(C(=O)Nc1cccc(F)c1SCC(CO)N(CC1CC(F)(F)C1)S(=O)(=O)c1ccc2ncsc2c1)C(c1ccccc1)c1ccccc1. The lowest BCUT2D eigenvalue weighted by molar-refractivity contribution is -0.118. The maximum Gasteiger partial charge on any atom is 0.407 e. The average Bonchev–Trinajstić information content (AvgIpc) is 3.63. The Morgan fingerprint density at radius 3 is 2.30 bits per heavy atom. The number of carbonyl (C=O) groups excluding carboxylic acids is 2. The number of carbonyl (C=O) groups is 2. The summed E-state index contributed by atoms with van der Waals surface area (Å²) in [5.74, 6) is -5.91. The number of thiazole rings is 1. The molecule has 16 heteroatoms. The van der Waals surface area contributed by atoms with Crippen molar-refractivity contribution in [3.8, 4) is 0 Å². The molecule has 284 valence electrons. The van der Waals surface area contributed by atoms with Gasteiger partial charge in [0.1, 0.15) is 11.9 Å². The predicted octanol–water partition coefficient (Wildman–Crippen LogP) is 7.12. The molecule has 0 spiro atoms. The maximum atomic E-state index is 15.6. The van der Waals surface area contributed by atoms with E-state index in [9.17, 15) is 31.9 Å². The second-order valence-electron chi connectivity index (χ2n) is 12.9. The summed E-state index contributed by atoms with van der Waals surface area (Å²) < 4.78 is 78.2. The zero-order chi connectivity index (χ0) is 38.5. The zero-order valence-electron chi connectivity index (χ0n) is 28.9. The van der Waals surface area contributed by atoms with Crippen molar-refractivity contribution in [2.45, 2.75) is 46.6 Å². The molecule has 1 aliphatic carbocycles. The number of thioether (sulfide) groups is 1. The molecule has 0 aliphatic heterocycles. The Bertz CT molecular complexity index is 2150. The fourth-order valence-electron chi connectivity index (χ4n) is 6.50. The largest absolute Gasteiger partial charge is 0.453 e. The van der Waals surface area contributed by atoms with Gasteiger partial charge in [-0.15, -0.1) is 23.1 Å². The molecule has 1 fully saturated rings. The topological polar surface area (TPSA) is 138 Å². The Labute approximate surface area is 318 Å². The monoisotopic (exact) mass is 798 g/mol. The van der Waals surface area contributed by atoms with Crippen LogP contribution in [0.4, 0.5) is 23.7 Å². The number of benzene rings is 4. The number of sulfonamides is 1. The van der Waals surface area contributed by atoms with Crippen molar-refractivity contribution < 1.29 is 41.0 Å². The quantitative estimate of drug-likeness (QED) is 0.0953. The summed E-state index contributed by atoms with van der Waals surface area (Å²) >= 11 is 2.09. The number of fused-ring (bicyclic) bond motifs is 1. The van der Waals surface area contributed by atoms with E-state index in [1.165, 1.54) is 48.8 Å². The number of anilines is 1. The highest BCUT2D eigenvalue weighted by atomic mass is 32.2. The van der Waals surface area contributed by atoms with Crippen molar-refractivity contribution in [1.82, 2.24) is 14.6 Å². The summed E-state index contributed by atoms with van der Waals surface area (Å²) in [5, 5.41) is 16.0. The summed E-state index contributed by atoms with van der Waals surface area (Å²) in [6, 6.07) is 24.1. The number of alkyl halides is 2. The van der Waals surface area contributed by atoms with Crippen LogP contribution in [0.3, 0.4) is 0 Å². The molecule has 1 aromatic heterocycles. The standard InChI is InChI=1S/C38H37F3N4O6S3/c1-51-37(48)44-34(33(25-9-4-2-5-10-25)26-11-6-3-7-12-26)36(47)43-31-14-8-13-29(39)35(31)52-22-27(21-46)45(20-24-18-38(40,41)19-24)54(49,50)28-15-16-30-32(17-28)53-23-42-30/h2-17,23-24,27,33-34,46H,18-22H2,1H3,(H,43,47)(H,44,48). The van der Waals surface area contributed by atoms with Crippen molar-refractivity contribution in [2.75, 3.05) is 31.3 Å². The number of rotatable bonds is 15. The highest BCUT2D eigenvalue weighted by Gasteiger charge is 2.47. The number of hydrogen-bond acceptors (Lipinski definition) is 9. The Kier molecular flexibility index (Phi) is 12.3. The van der Waals surface area contributed by atoms with Gasteiger partial charge in [0.05, 0.1) is 51.0 Å². The smallest absolute Gasteiger partial charge is 0.407 e. The molecule has 1 saturated carbocycles. The number of aliphatic hydroxyl groups is 1. The first-order chi connectivity index (χ1) is 25.9. The molecule has 6 rings (SSSR count). The van der Waals surface area contributed by atoms with Gasteiger partial charge in [-0.05, 0) is 47.4 Å². The van der Waals surface area contributed by atoms with Crippen LogP contribution >= 0.6 is 23.1 Å². The molecule has 54 heavy (non-hydrogen) atoms. The first kappa shape index (κ1) is 39.2. The van der Waals surface area contributed by atoms with Gasteiger partial charge in [0.15, 0.2) is 0 Å². The number of amides is 2.